The molecule has 0 amide bonds. The van der Waals surface area contributed by atoms with E-state index in [1.54, 1.807) is 0 Å². The minimum absolute atomic E-state index is 0.497. The van der Waals surface area contributed by atoms with E-state index in [0.717, 1.165) is 23.7 Å². The summed E-state index contributed by atoms with van der Waals surface area (Å²) in [4.78, 5) is 4.79. The Morgan fingerprint density at radius 1 is 1.29 bits per heavy atom. The normalized spacial score (nSPS) is 18.2. The first-order chi connectivity index (χ1) is 10.3. The molecule has 0 bridgehead atoms. The van der Waals surface area contributed by atoms with Crippen molar-refractivity contribution in [3.63, 3.8) is 0 Å². The molecule has 1 fully saturated rings. The van der Waals surface area contributed by atoms with E-state index in [2.05, 4.69) is 36.6 Å². The molecule has 1 atom stereocenters. The van der Waals surface area contributed by atoms with Gasteiger partial charge in [0, 0.05) is 6.04 Å². The molecule has 1 aliphatic carbocycles. The molecule has 3 heteroatoms. The highest BCUT2D eigenvalue weighted by atomic mass is 35.5. The Bertz CT molecular complexity index is 611. The van der Waals surface area contributed by atoms with Gasteiger partial charge in [-0.2, -0.15) is 0 Å². The zero-order valence-corrected chi connectivity index (χ0v) is 13.9. The van der Waals surface area contributed by atoms with Gasteiger partial charge in [0.2, 0.25) is 0 Å². The van der Waals surface area contributed by atoms with Gasteiger partial charge in [0.1, 0.15) is 5.82 Å². The lowest BCUT2D eigenvalue weighted by molar-refractivity contribution is 0.244. The number of aromatic nitrogens is 2. The maximum atomic E-state index is 6.21. The lowest BCUT2D eigenvalue weighted by Crippen LogP contribution is -2.23. The molecule has 3 rings (SSSR count). The molecule has 1 aromatic heterocycles. The smallest absolute Gasteiger partial charge is 0.125 e. The molecule has 1 heterocycles. The quantitative estimate of drug-likeness (QED) is 0.671. The maximum Gasteiger partial charge on any atom is 0.125 e. The topological polar surface area (TPSA) is 17.8 Å². The second-order valence-corrected chi connectivity index (χ2v) is 6.62. The van der Waals surface area contributed by atoms with Gasteiger partial charge < -0.3 is 4.57 Å². The number of benzene rings is 1. The number of aryl methyl sites for hydroxylation is 1. The Kier molecular flexibility index (Phi) is 4.54. The molecule has 1 aromatic carbocycles. The van der Waals surface area contributed by atoms with E-state index in [9.17, 15) is 0 Å². The SMILES string of the molecule is CCC(C1CCCCC1)n1c(CCl)nc2cccc(C)c21. The van der Waals surface area contributed by atoms with Gasteiger partial charge in [-0.3, -0.25) is 0 Å². The predicted octanol–water partition coefficient (Wildman–Crippen LogP) is 5.61. The molecular formula is C18H25ClN2. The Labute approximate surface area is 132 Å². The van der Waals surface area contributed by atoms with Gasteiger partial charge in [0.05, 0.1) is 16.9 Å². The van der Waals surface area contributed by atoms with Crippen LogP contribution >= 0.6 is 11.6 Å². The Hall–Kier alpha value is -1.02. The minimum atomic E-state index is 0.497. The van der Waals surface area contributed by atoms with Crippen LogP contribution in [0.1, 0.15) is 62.9 Å². The van der Waals surface area contributed by atoms with Gasteiger partial charge in [-0.15, -0.1) is 11.6 Å². The zero-order valence-electron chi connectivity index (χ0n) is 13.1. The zero-order chi connectivity index (χ0) is 14.8. The van der Waals surface area contributed by atoms with Crippen molar-refractivity contribution in [3.05, 3.63) is 29.6 Å². The summed E-state index contributed by atoms with van der Waals surface area (Å²) in [7, 11) is 0. The second kappa shape index (κ2) is 6.39. The first kappa shape index (κ1) is 14.9. The molecule has 0 N–H and O–H groups in total. The molecule has 0 saturated heterocycles. The number of rotatable bonds is 4. The van der Waals surface area contributed by atoms with E-state index >= 15 is 0 Å². The highest BCUT2D eigenvalue weighted by Crippen LogP contribution is 2.38. The van der Waals surface area contributed by atoms with Gasteiger partial charge in [-0.05, 0) is 43.7 Å². The lowest BCUT2D eigenvalue weighted by atomic mass is 9.82. The van der Waals surface area contributed by atoms with Gasteiger partial charge in [0.15, 0.2) is 0 Å². The first-order valence-corrected chi connectivity index (χ1v) is 8.82. The third-order valence-electron chi connectivity index (χ3n) is 5.05. The number of imidazole rings is 1. The van der Waals surface area contributed by atoms with E-state index in [1.807, 2.05) is 0 Å². The van der Waals surface area contributed by atoms with Crippen molar-refractivity contribution in [1.82, 2.24) is 9.55 Å². The van der Waals surface area contributed by atoms with Crippen molar-refractivity contribution in [3.8, 4) is 0 Å². The third kappa shape index (κ3) is 2.70. The highest BCUT2D eigenvalue weighted by molar-refractivity contribution is 6.16. The molecule has 0 radical (unpaired) electrons. The van der Waals surface area contributed by atoms with Crippen molar-refractivity contribution >= 4 is 22.6 Å². The van der Waals surface area contributed by atoms with E-state index in [-0.39, 0.29) is 0 Å². The fourth-order valence-electron chi connectivity index (χ4n) is 4.07. The molecule has 2 aromatic rings. The van der Waals surface area contributed by atoms with E-state index in [0.29, 0.717) is 11.9 Å². The molecule has 0 aliphatic heterocycles. The van der Waals surface area contributed by atoms with Crippen LogP contribution < -0.4 is 0 Å². The fraction of sp³-hybridized carbons (Fsp3) is 0.611. The van der Waals surface area contributed by atoms with Crippen molar-refractivity contribution in [2.45, 2.75) is 64.3 Å². The molecule has 1 unspecified atom stereocenters. The average molecular weight is 305 g/mol. The summed E-state index contributed by atoms with van der Waals surface area (Å²) in [6.07, 6.45) is 8.02. The molecule has 2 nitrogen and oxygen atoms in total. The lowest BCUT2D eigenvalue weighted by Gasteiger charge is -2.32. The van der Waals surface area contributed by atoms with Gasteiger partial charge in [0.25, 0.3) is 0 Å². The molecule has 1 aliphatic rings. The number of nitrogens with zero attached hydrogens (tertiary/aromatic N) is 2. The van der Waals surface area contributed by atoms with Crippen molar-refractivity contribution in [1.29, 1.82) is 0 Å². The van der Waals surface area contributed by atoms with Crippen LogP contribution in [-0.4, -0.2) is 9.55 Å². The summed E-state index contributed by atoms with van der Waals surface area (Å²) in [5.74, 6) is 2.32. The second-order valence-electron chi connectivity index (χ2n) is 6.35. The van der Waals surface area contributed by atoms with Crippen LogP contribution in [0, 0.1) is 12.8 Å². The number of alkyl halides is 1. The van der Waals surface area contributed by atoms with Gasteiger partial charge in [-0.25, -0.2) is 4.98 Å². The van der Waals surface area contributed by atoms with Crippen molar-refractivity contribution < 1.29 is 0 Å². The predicted molar refractivity (Wildman–Crippen MR) is 89.9 cm³/mol. The van der Waals surface area contributed by atoms with Crippen LogP contribution in [0.2, 0.25) is 0 Å². The Morgan fingerprint density at radius 2 is 2.05 bits per heavy atom. The first-order valence-electron chi connectivity index (χ1n) is 8.28. The molecule has 21 heavy (non-hydrogen) atoms. The largest absolute Gasteiger partial charge is 0.323 e. The van der Waals surface area contributed by atoms with Crippen LogP contribution in [0.25, 0.3) is 11.0 Å². The molecular weight excluding hydrogens is 280 g/mol. The number of hydrogen-bond donors (Lipinski definition) is 0. The van der Waals surface area contributed by atoms with Crippen LogP contribution in [0.5, 0.6) is 0 Å². The van der Waals surface area contributed by atoms with Gasteiger partial charge >= 0.3 is 0 Å². The summed E-state index contributed by atoms with van der Waals surface area (Å²) in [5.41, 5.74) is 3.70. The Balaban J connectivity index is 2.11. The fourth-order valence-corrected chi connectivity index (χ4v) is 4.25. The summed E-state index contributed by atoms with van der Waals surface area (Å²) in [6, 6.07) is 6.94. The molecule has 1 saturated carbocycles. The average Bonchev–Trinajstić information content (AvgIpc) is 2.89. The van der Waals surface area contributed by atoms with Crippen LogP contribution in [-0.2, 0) is 5.88 Å². The summed E-state index contributed by atoms with van der Waals surface area (Å²) in [5, 5.41) is 0. The number of para-hydroxylation sites is 1. The number of fused-ring (bicyclic) bond motifs is 1. The minimum Gasteiger partial charge on any atom is -0.323 e. The molecule has 0 spiro atoms. The van der Waals surface area contributed by atoms with E-state index < -0.39 is 0 Å². The monoisotopic (exact) mass is 304 g/mol. The summed E-state index contributed by atoms with van der Waals surface area (Å²) in [6.45, 7) is 4.49. The summed E-state index contributed by atoms with van der Waals surface area (Å²) < 4.78 is 2.47. The highest BCUT2D eigenvalue weighted by Gasteiger charge is 2.27. The maximum absolute atomic E-state index is 6.21. The number of halogens is 1. The van der Waals surface area contributed by atoms with Crippen molar-refractivity contribution in [2.24, 2.45) is 5.92 Å². The van der Waals surface area contributed by atoms with E-state index in [1.165, 1.54) is 43.2 Å². The van der Waals surface area contributed by atoms with Crippen LogP contribution in [0.3, 0.4) is 0 Å². The standard InChI is InChI=1S/C18H25ClN2/c1-3-16(14-9-5-4-6-10-14)21-17(12-19)20-15-11-7-8-13(2)18(15)21/h7-8,11,14,16H,3-6,9-10,12H2,1-2H3. The molecule has 114 valence electrons. The van der Waals surface area contributed by atoms with Crippen molar-refractivity contribution in [2.75, 3.05) is 0 Å². The summed E-state index contributed by atoms with van der Waals surface area (Å²) >= 11 is 6.21. The van der Waals surface area contributed by atoms with Gasteiger partial charge in [-0.1, -0.05) is 38.3 Å². The van der Waals surface area contributed by atoms with Crippen LogP contribution in [0.4, 0.5) is 0 Å². The van der Waals surface area contributed by atoms with Crippen LogP contribution in [0.15, 0.2) is 18.2 Å². The van der Waals surface area contributed by atoms with E-state index in [4.69, 9.17) is 16.6 Å². The Morgan fingerprint density at radius 3 is 2.71 bits per heavy atom. The third-order valence-corrected chi connectivity index (χ3v) is 5.29. The number of hydrogen-bond acceptors (Lipinski definition) is 1.